The van der Waals surface area contributed by atoms with Crippen LogP contribution in [0.1, 0.15) is 36.2 Å². The van der Waals surface area contributed by atoms with Crippen molar-refractivity contribution in [3.63, 3.8) is 0 Å². The Labute approximate surface area is 122 Å². The molecule has 0 radical (unpaired) electrons. The Morgan fingerprint density at radius 2 is 1.90 bits per heavy atom. The fourth-order valence-corrected chi connectivity index (χ4v) is 2.58. The molecule has 0 unspecified atom stereocenters. The van der Waals surface area contributed by atoms with Crippen LogP contribution in [-0.4, -0.2) is 48.4 Å². The number of benzene rings is 1. The van der Waals surface area contributed by atoms with Gasteiger partial charge in [-0.15, -0.1) is 0 Å². The third-order valence-corrected chi connectivity index (χ3v) is 3.95. The molecule has 1 heterocycles. The van der Waals surface area contributed by atoms with Crippen LogP contribution in [0.25, 0.3) is 0 Å². The largest absolute Gasteiger partial charge is 0.336 e. The Morgan fingerprint density at radius 1 is 1.20 bits per heavy atom. The summed E-state index contributed by atoms with van der Waals surface area (Å²) in [4.78, 5) is 16.9. The van der Waals surface area contributed by atoms with Crippen LogP contribution >= 0.6 is 0 Å². The second-order valence-corrected chi connectivity index (χ2v) is 6.19. The lowest BCUT2D eigenvalue weighted by Crippen LogP contribution is -2.49. The van der Waals surface area contributed by atoms with Crippen molar-refractivity contribution in [3.8, 4) is 0 Å². The summed E-state index contributed by atoms with van der Waals surface area (Å²) in [5, 5.41) is 0. The summed E-state index contributed by atoms with van der Waals surface area (Å²) in [6, 6.07) is 7.88. The molecular weight excluding hydrogens is 248 g/mol. The molecule has 3 heteroatoms. The molecule has 20 heavy (non-hydrogen) atoms. The van der Waals surface area contributed by atoms with Crippen LogP contribution < -0.4 is 0 Å². The van der Waals surface area contributed by atoms with E-state index in [2.05, 4.69) is 18.7 Å². The first-order valence-corrected chi connectivity index (χ1v) is 7.64. The second kappa shape index (κ2) is 6.89. The lowest BCUT2D eigenvalue weighted by Gasteiger charge is -2.35. The van der Waals surface area contributed by atoms with Gasteiger partial charge in [0.05, 0.1) is 0 Å². The van der Waals surface area contributed by atoms with Crippen LogP contribution in [0.15, 0.2) is 24.3 Å². The van der Waals surface area contributed by atoms with Crippen LogP contribution in [-0.2, 0) is 0 Å². The number of carbonyl (C=O) groups is 1. The summed E-state index contributed by atoms with van der Waals surface area (Å²) in [6.07, 6.45) is 1.24. The lowest BCUT2D eigenvalue weighted by atomic mass is 10.1. The summed E-state index contributed by atoms with van der Waals surface area (Å²) >= 11 is 0. The predicted molar refractivity (Wildman–Crippen MR) is 83.0 cm³/mol. The third kappa shape index (κ3) is 4.07. The molecule has 3 nitrogen and oxygen atoms in total. The van der Waals surface area contributed by atoms with Crippen LogP contribution in [0.4, 0.5) is 0 Å². The SMILES string of the molecule is Cc1cccc(C(=O)N2CCN(CCC(C)C)CC2)c1. The van der Waals surface area contributed by atoms with Crippen molar-refractivity contribution in [2.75, 3.05) is 32.7 Å². The fourth-order valence-electron chi connectivity index (χ4n) is 2.58. The van der Waals surface area contributed by atoms with E-state index >= 15 is 0 Å². The third-order valence-electron chi connectivity index (χ3n) is 3.95. The van der Waals surface area contributed by atoms with E-state index in [1.807, 2.05) is 36.1 Å². The van der Waals surface area contributed by atoms with Crippen molar-refractivity contribution >= 4 is 5.91 Å². The molecule has 0 atom stereocenters. The Kier molecular flexibility index (Phi) is 5.18. The van der Waals surface area contributed by atoms with Gasteiger partial charge in [0.25, 0.3) is 5.91 Å². The quantitative estimate of drug-likeness (QED) is 0.843. The predicted octanol–water partition coefficient (Wildman–Crippen LogP) is 2.80. The smallest absolute Gasteiger partial charge is 0.253 e. The molecule has 0 bridgehead atoms. The Balaban J connectivity index is 1.86. The molecule has 0 aromatic heterocycles. The number of rotatable bonds is 4. The van der Waals surface area contributed by atoms with Gasteiger partial charge in [0.2, 0.25) is 0 Å². The van der Waals surface area contributed by atoms with E-state index in [0.717, 1.165) is 49.8 Å². The standard InChI is InChI=1S/C17H26N2O/c1-14(2)7-8-18-9-11-19(12-10-18)17(20)16-6-4-5-15(3)13-16/h4-6,13-14H,7-12H2,1-3H3. The van der Waals surface area contributed by atoms with Gasteiger partial charge in [-0.25, -0.2) is 0 Å². The zero-order valence-corrected chi connectivity index (χ0v) is 12.9. The van der Waals surface area contributed by atoms with Crippen LogP contribution in [0.5, 0.6) is 0 Å². The van der Waals surface area contributed by atoms with Crippen molar-refractivity contribution in [1.29, 1.82) is 0 Å². The van der Waals surface area contributed by atoms with Gasteiger partial charge < -0.3 is 4.90 Å². The van der Waals surface area contributed by atoms with Gasteiger partial charge in [0, 0.05) is 31.7 Å². The number of carbonyl (C=O) groups excluding carboxylic acids is 1. The first-order chi connectivity index (χ1) is 9.56. The van der Waals surface area contributed by atoms with E-state index in [0.29, 0.717) is 0 Å². The Bertz CT molecular complexity index is 448. The highest BCUT2D eigenvalue weighted by atomic mass is 16.2. The molecule has 0 saturated carbocycles. The van der Waals surface area contributed by atoms with Gasteiger partial charge in [-0.05, 0) is 37.9 Å². The highest BCUT2D eigenvalue weighted by molar-refractivity contribution is 5.94. The molecule has 1 aromatic carbocycles. The molecule has 2 rings (SSSR count). The van der Waals surface area contributed by atoms with E-state index < -0.39 is 0 Å². The number of piperazine rings is 1. The lowest BCUT2D eigenvalue weighted by molar-refractivity contribution is 0.0631. The Hall–Kier alpha value is -1.35. The number of aryl methyl sites for hydroxylation is 1. The van der Waals surface area contributed by atoms with Crippen LogP contribution in [0.2, 0.25) is 0 Å². The van der Waals surface area contributed by atoms with Crippen molar-refractivity contribution in [3.05, 3.63) is 35.4 Å². The summed E-state index contributed by atoms with van der Waals surface area (Å²) in [5.74, 6) is 0.930. The molecule has 0 N–H and O–H groups in total. The maximum absolute atomic E-state index is 12.4. The van der Waals surface area contributed by atoms with Crippen LogP contribution in [0.3, 0.4) is 0 Å². The maximum Gasteiger partial charge on any atom is 0.253 e. The van der Waals surface area contributed by atoms with Crippen LogP contribution in [0, 0.1) is 12.8 Å². The molecular formula is C17H26N2O. The fraction of sp³-hybridized carbons (Fsp3) is 0.588. The summed E-state index contributed by atoms with van der Waals surface area (Å²) in [7, 11) is 0. The topological polar surface area (TPSA) is 23.6 Å². The summed E-state index contributed by atoms with van der Waals surface area (Å²) < 4.78 is 0. The minimum Gasteiger partial charge on any atom is -0.336 e. The normalized spacial score (nSPS) is 16.7. The van der Waals surface area contributed by atoms with E-state index in [-0.39, 0.29) is 5.91 Å². The van der Waals surface area contributed by atoms with Gasteiger partial charge in [0.15, 0.2) is 0 Å². The molecule has 1 amide bonds. The van der Waals surface area contributed by atoms with Gasteiger partial charge in [-0.3, -0.25) is 9.69 Å². The average molecular weight is 274 g/mol. The van der Waals surface area contributed by atoms with E-state index in [1.165, 1.54) is 6.42 Å². The highest BCUT2D eigenvalue weighted by Crippen LogP contribution is 2.11. The monoisotopic (exact) mass is 274 g/mol. The minimum absolute atomic E-state index is 0.178. The molecule has 1 aliphatic rings. The molecule has 1 saturated heterocycles. The van der Waals surface area contributed by atoms with Gasteiger partial charge in [-0.1, -0.05) is 31.5 Å². The number of amides is 1. The number of hydrogen-bond acceptors (Lipinski definition) is 2. The van der Waals surface area contributed by atoms with E-state index in [9.17, 15) is 4.79 Å². The second-order valence-electron chi connectivity index (χ2n) is 6.19. The summed E-state index contributed by atoms with van der Waals surface area (Å²) in [6.45, 7) is 11.4. The zero-order chi connectivity index (χ0) is 14.5. The Morgan fingerprint density at radius 3 is 2.50 bits per heavy atom. The molecule has 1 aliphatic heterocycles. The van der Waals surface area contributed by atoms with Crippen molar-refractivity contribution < 1.29 is 4.79 Å². The van der Waals surface area contributed by atoms with Crippen molar-refractivity contribution in [2.45, 2.75) is 27.2 Å². The molecule has 1 fully saturated rings. The average Bonchev–Trinajstić information content (AvgIpc) is 2.45. The molecule has 0 spiro atoms. The van der Waals surface area contributed by atoms with Gasteiger partial charge in [0.1, 0.15) is 0 Å². The first-order valence-electron chi connectivity index (χ1n) is 7.64. The van der Waals surface area contributed by atoms with E-state index in [4.69, 9.17) is 0 Å². The van der Waals surface area contributed by atoms with Crippen molar-refractivity contribution in [2.24, 2.45) is 5.92 Å². The van der Waals surface area contributed by atoms with Gasteiger partial charge >= 0.3 is 0 Å². The molecule has 1 aromatic rings. The summed E-state index contributed by atoms with van der Waals surface area (Å²) in [5.41, 5.74) is 1.96. The van der Waals surface area contributed by atoms with Gasteiger partial charge in [-0.2, -0.15) is 0 Å². The molecule has 110 valence electrons. The maximum atomic E-state index is 12.4. The van der Waals surface area contributed by atoms with Crippen molar-refractivity contribution in [1.82, 2.24) is 9.80 Å². The molecule has 0 aliphatic carbocycles. The van der Waals surface area contributed by atoms with E-state index in [1.54, 1.807) is 0 Å². The highest BCUT2D eigenvalue weighted by Gasteiger charge is 2.21. The minimum atomic E-state index is 0.178. The zero-order valence-electron chi connectivity index (χ0n) is 12.9. The first kappa shape index (κ1) is 15.0. The number of nitrogens with zero attached hydrogens (tertiary/aromatic N) is 2. The number of hydrogen-bond donors (Lipinski definition) is 0.